The van der Waals surface area contributed by atoms with Gasteiger partial charge >= 0.3 is 0 Å². The van der Waals surface area contributed by atoms with Gasteiger partial charge in [0.1, 0.15) is 0 Å². The number of fused-ring (bicyclic) bond motifs is 4. The topological polar surface area (TPSA) is 8.17 Å². The summed E-state index contributed by atoms with van der Waals surface area (Å²) >= 11 is 0. The van der Waals surface area contributed by atoms with Crippen molar-refractivity contribution in [2.75, 3.05) is 4.90 Å². The van der Waals surface area contributed by atoms with Gasteiger partial charge in [0.05, 0.1) is 11.0 Å². The first-order valence-electron chi connectivity index (χ1n) is 23.7. The Kier molecular flexibility index (Phi) is 11.5. The number of anilines is 3. The van der Waals surface area contributed by atoms with Gasteiger partial charge in [-0.1, -0.05) is 208 Å². The minimum atomic E-state index is 1.09. The zero-order valence-electron chi connectivity index (χ0n) is 38.3. The molecule has 2 nitrogen and oxygen atoms in total. The van der Waals surface area contributed by atoms with E-state index in [4.69, 9.17) is 0 Å². The first kappa shape index (κ1) is 41.9. The second-order valence-electron chi connectivity index (χ2n) is 17.0. The fourth-order valence-corrected chi connectivity index (χ4v) is 9.73. The number of aromatic nitrogens is 1. The molecule has 12 rings (SSSR count). The fraction of sp³-hybridized carbons (Fsp3) is 0.0303. The minimum Gasteiger partial charge on any atom is -0.311 e. The highest BCUT2D eigenvalue weighted by Gasteiger charge is 2.16. The van der Waals surface area contributed by atoms with Gasteiger partial charge in [-0.05, 0) is 139 Å². The summed E-state index contributed by atoms with van der Waals surface area (Å²) in [6.07, 6.45) is 0. The molecule has 0 aliphatic heterocycles. The van der Waals surface area contributed by atoms with E-state index < -0.39 is 0 Å². The van der Waals surface area contributed by atoms with Crippen LogP contribution in [0.2, 0.25) is 0 Å². The van der Waals surface area contributed by atoms with Gasteiger partial charge in [-0.15, -0.1) is 0 Å². The zero-order valence-corrected chi connectivity index (χ0v) is 38.3. The molecule has 0 atom stereocenters. The average molecular weight is 871 g/mol. The van der Waals surface area contributed by atoms with Crippen LogP contribution in [-0.2, 0) is 0 Å². The Morgan fingerprint density at radius 3 is 1.18 bits per heavy atom. The fourth-order valence-electron chi connectivity index (χ4n) is 9.73. The van der Waals surface area contributed by atoms with Gasteiger partial charge in [-0.3, -0.25) is 0 Å². The Morgan fingerprint density at radius 1 is 0.265 bits per heavy atom. The summed E-state index contributed by atoms with van der Waals surface area (Å²) in [5.74, 6) is 0. The predicted octanol–water partition coefficient (Wildman–Crippen LogP) is 18.8. The maximum atomic E-state index is 2.38. The third kappa shape index (κ3) is 8.03. The molecule has 68 heavy (non-hydrogen) atoms. The average Bonchev–Trinajstić information content (AvgIpc) is 3.77. The van der Waals surface area contributed by atoms with Crippen molar-refractivity contribution in [1.29, 1.82) is 0 Å². The first-order chi connectivity index (χ1) is 33.7. The predicted molar refractivity (Wildman–Crippen MR) is 291 cm³/mol. The van der Waals surface area contributed by atoms with E-state index in [1.807, 2.05) is 13.8 Å². The Labute approximate surface area is 399 Å². The smallest absolute Gasteiger partial charge is 0.0541 e. The lowest BCUT2D eigenvalue weighted by Crippen LogP contribution is -2.09. The van der Waals surface area contributed by atoms with Gasteiger partial charge in [0.25, 0.3) is 0 Å². The van der Waals surface area contributed by atoms with Crippen LogP contribution in [0, 0.1) is 0 Å². The molecule has 0 radical (unpaired) electrons. The van der Waals surface area contributed by atoms with Crippen molar-refractivity contribution in [3.8, 4) is 61.3 Å². The largest absolute Gasteiger partial charge is 0.311 e. The monoisotopic (exact) mass is 870 g/mol. The third-order valence-corrected chi connectivity index (χ3v) is 13.0. The molecule has 11 aromatic carbocycles. The number of hydrogen-bond acceptors (Lipinski definition) is 1. The van der Waals surface area contributed by atoms with Crippen molar-refractivity contribution in [1.82, 2.24) is 4.57 Å². The van der Waals surface area contributed by atoms with E-state index in [0.29, 0.717) is 0 Å². The molecule has 0 aliphatic rings. The first-order valence-corrected chi connectivity index (χ1v) is 23.7. The Balaban J connectivity index is 0.00000250. The molecule has 0 N–H and O–H groups in total. The number of hydrogen-bond donors (Lipinski definition) is 0. The van der Waals surface area contributed by atoms with E-state index in [9.17, 15) is 0 Å². The van der Waals surface area contributed by atoms with Gasteiger partial charge in [0.15, 0.2) is 0 Å². The Morgan fingerprint density at radius 2 is 0.632 bits per heavy atom. The molecule has 2 heteroatoms. The molecule has 0 unspecified atom stereocenters. The van der Waals surface area contributed by atoms with E-state index in [1.165, 1.54) is 82.6 Å². The van der Waals surface area contributed by atoms with Crippen LogP contribution in [0.5, 0.6) is 0 Å². The van der Waals surface area contributed by atoms with E-state index in [2.05, 4.69) is 276 Å². The molecule has 12 aromatic rings. The van der Waals surface area contributed by atoms with Crippen molar-refractivity contribution in [3.63, 3.8) is 0 Å². The summed E-state index contributed by atoms with van der Waals surface area (Å²) in [5.41, 5.74) is 18.8. The molecule has 0 spiro atoms. The van der Waals surface area contributed by atoms with Crippen LogP contribution in [-0.4, -0.2) is 4.57 Å². The third-order valence-electron chi connectivity index (χ3n) is 13.0. The maximum Gasteiger partial charge on any atom is 0.0541 e. The Hall–Kier alpha value is -8.72. The van der Waals surface area contributed by atoms with Gasteiger partial charge < -0.3 is 9.47 Å². The molecule has 1 heterocycles. The van der Waals surface area contributed by atoms with Crippen molar-refractivity contribution >= 4 is 49.6 Å². The van der Waals surface area contributed by atoms with Crippen molar-refractivity contribution < 1.29 is 0 Å². The summed E-state index contributed by atoms with van der Waals surface area (Å²) in [6.45, 7) is 4.00. The molecule has 324 valence electrons. The lowest BCUT2D eigenvalue weighted by atomic mass is 9.95. The summed E-state index contributed by atoms with van der Waals surface area (Å²) < 4.78 is 2.38. The number of rotatable bonds is 9. The van der Waals surface area contributed by atoms with Crippen molar-refractivity contribution in [2.45, 2.75) is 13.8 Å². The van der Waals surface area contributed by atoms with Gasteiger partial charge in [0.2, 0.25) is 0 Å². The number of benzene rings is 11. The van der Waals surface area contributed by atoms with E-state index in [1.54, 1.807) is 0 Å². The summed E-state index contributed by atoms with van der Waals surface area (Å²) in [5, 5.41) is 5.04. The highest BCUT2D eigenvalue weighted by Crippen LogP contribution is 2.40. The normalized spacial score (nSPS) is 11.1. The van der Waals surface area contributed by atoms with Crippen LogP contribution in [0.15, 0.2) is 267 Å². The van der Waals surface area contributed by atoms with Crippen LogP contribution < -0.4 is 4.90 Å². The van der Waals surface area contributed by atoms with Crippen LogP contribution >= 0.6 is 0 Å². The summed E-state index contributed by atoms with van der Waals surface area (Å²) in [7, 11) is 0. The van der Waals surface area contributed by atoms with E-state index >= 15 is 0 Å². The van der Waals surface area contributed by atoms with Gasteiger partial charge in [0, 0.05) is 33.5 Å². The molecule has 0 fully saturated rings. The maximum absolute atomic E-state index is 2.38. The summed E-state index contributed by atoms with van der Waals surface area (Å²) in [6, 6.07) is 96.8. The van der Waals surface area contributed by atoms with Gasteiger partial charge in [-0.2, -0.15) is 0 Å². The lowest BCUT2D eigenvalue weighted by molar-refractivity contribution is 1.18. The molecule has 0 saturated heterocycles. The highest BCUT2D eigenvalue weighted by atomic mass is 15.1. The standard InChI is InChI=1S/C64H44N2.C2H6/c1-2-14-45(15-3-1)50-18-10-19-51(42-50)46-30-36-55(37-31-46)65(56-38-32-47(33-39-56)52-20-11-22-54(43-52)60-27-13-17-49-16-4-5-24-59(49)60)57-40-34-48(35-41-57)53-21-12-23-58(44-53)66-63-28-8-6-25-61(63)62-26-7-9-29-64(62)66;1-2/h1-44H;1-2H3. The van der Waals surface area contributed by atoms with Crippen LogP contribution in [0.25, 0.3) is 93.9 Å². The summed E-state index contributed by atoms with van der Waals surface area (Å²) in [4.78, 5) is 2.36. The van der Waals surface area contributed by atoms with Crippen LogP contribution in [0.4, 0.5) is 17.1 Å². The number of nitrogens with zero attached hydrogens (tertiary/aromatic N) is 2. The highest BCUT2D eigenvalue weighted by molar-refractivity contribution is 6.09. The zero-order chi connectivity index (χ0) is 45.8. The SMILES string of the molecule is CC.c1ccc(-c2cccc(-c3ccc(N(c4ccc(-c5cccc(-c6cccc7ccccc67)c5)cc4)c4ccc(-c5cccc(-n6c7ccccc7c7ccccc76)c5)cc4)cc3)c2)cc1. The second kappa shape index (κ2) is 18.6. The molecule has 0 saturated carbocycles. The Bertz CT molecular complexity index is 3620. The van der Waals surface area contributed by atoms with Crippen molar-refractivity contribution in [3.05, 3.63) is 267 Å². The number of para-hydroxylation sites is 2. The van der Waals surface area contributed by atoms with Crippen LogP contribution in [0.1, 0.15) is 13.8 Å². The van der Waals surface area contributed by atoms with Gasteiger partial charge in [-0.25, -0.2) is 0 Å². The molecule has 0 amide bonds. The molecule has 0 bridgehead atoms. The molecule has 0 aliphatic carbocycles. The van der Waals surface area contributed by atoms with Crippen molar-refractivity contribution in [2.24, 2.45) is 0 Å². The molecular formula is C66H50N2. The van der Waals surface area contributed by atoms with E-state index in [0.717, 1.165) is 28.3 Å². The van der Waals surface area contributed by atoms with E-state index in [-0.39, 0.29) is 0 Å². The lowest BCUT2D eigenvalue weighted by Gasteiger charge is -2.26. The quantitative estimate of drug-likeness (QED) is 0.140. The van der Waals surface area contributed by atoms with Crippen LogP contribution in [0.3, 0.4) is 0 Å². The minimum absolute atomic E-state index is 1.09. The second-order valence-corrected chi connectivity index (χ2v) is 17.0. The molecular weight excluding hydrogens is 821 g/mol. The molecule has 1 aromatic heterocycles.